The van der Waals surface area contributed by atoms with Crippen LogP contribution in [0, 0.1) is 5.92 Å². The Morgan fingerprint density at radius 3 is 2.71 bits per heavy atom. The molecule has 2 rings (SSSR count). The van der Waals surface area contributed by atoms with E-state index in [1.165, 1.54) is 38.5 Å². The minimum atomic E-state index is 0.587. The molecule has 1 atom stereocenters. The van der Waals surface area contributed by atoms with E-state index in [1.807, 2.05) is 12.3 Å². The SMILES string of the molecule is CCC(Nc1ccc(Br)cn1)C1CCCCC1. The first kappa shape index (κ1) is 12.9. The molecule has 0 spiro atoms. The third-order valence-corrected chi connectivity index (χ3v) is 4.19. The molecule has 1 aromatic heterocycles. The van der Waals surface area contributed by atoms with Crippen LogP contribution >= 0.6 is 15.9 Å². The normalized spacial score (nSPS) is 18.9. The molecule has 17 heavy (non-hydrogen) atoms. The molecule has 1 aromatic rings. The highest BCUT2D eigenvalue weighted by Gasteiger charge is 2.22. The van der Waals surface area contributed by atoms with Crippen LogP contribution in [0.4, 0.5) is 5.82 Å². The summed E-state index contributed by atoms with van der Waals surface area (Å²) in [4.78, 5) is 4.40. The van der Waals surface area contributed by atoms with Crippen molar-refractivity contribution >= 4 is 21.7 Å². The molecule has 0 bridgehead atoms. The third kappa shape index (κ3) is 3.70. The quantitative estimate of drug-likeness (QED) is 0.877. The number of aromatic nitrogens is 1. The Morgan fingerprint density at radius 2 is 2.12 bits per heavy atom. The van der Waals surface area contributed by atoms with Gasteiger partial charge in [0.25, 0.3) is 0 Å². The smallest absolute Gasteiger partial charge is 0.126 e. The Morgan fingerprint density at radius 1 is 1.35 bits per heavy atom. The number of halogens is 1. The van der Waals surface area contributed by atoms with Crippen LogP contribution in [0.3, 0.4) is 0 Å². The van der Waals surface area contributed by atoms with E-state index in [4.69, 9.17) is 0 Å². The predicted octanol–water partition coefficient (Wildman–Crippen LogP) is 4.61. The number of anilines is 1. The maximum Gasteiger partial charge on any atom is 0.126 e. The first-order chi connectivity index (χ1) is 8.29. The van der Waals surface area contributed by atoms with Crippen LogP contribution in [-0.2, 0) is 0 Å². The number of nitrogens with one attached hydrogen (secondary N) is 1. The van der Waals surface area contributed by atoms with E-state index >= 15 is 0 Å². The maximum absolute atomic E-state index is 4.40. The number of hydrogen-bond donors (Lipinski definition) is 1. The number of hydrogen-bond acceptors (Lipinski definition) is 2. The lowest BCUT2D eigenvalue weighted by atomic mass is 9.83. The van der Waals surface area contributed by atoms with E-state index in [0.29, 0.717) is 6.04 Å². The fraction of sp³-hybridized carbons (Fsp3) is 0.643. The second-order valence-electron chi connectivity index (χ2n) is 4.92. The molecule has 1 unspecified atom stereocenters. The molecule has 1 fully saturated rings. The molecule has 0 aliphatic heterocycles. The fourth-order valence-corrected chi connectivity index (χ4v) is 2.98. The van der Waals surface area contributed by atoms with Crippen molar-refractivity contribution in [3.05, 3.63) is 22.8 Å². The van der Waals surface area contributed by atoms with Gasteiger partial charge in [-0.25, -0.2) is 4.98 Å². The van der Waals surface area contributed by atoms with Crippen molar-refractivity contribution < 1.29 is 0 Å². The molecular weight excluding hydrogens is 276 g/mol. The van der Waals surface area contributed by atoms with E-state index < -0.39 is 0 Å². The molecule has 1 heterocycles. The van der Waals surface area contributed by atoms with Gasteiger partial charge in [0.15, 0.2) is 0 Å². The number of nitrogens with zero attached hydrogens (tertiary/aromatic N) is 1. The van der Waals surface area contributed by atoms with E-state index in [2.05, 4.69) is 39.2 Å². The molecule has 94 valence electrons. The van der Waals surface area contributed by atoms with Gasteiger partial charge in [0.1, 0.15) is 5.82 Å². The zero-order valence-electron chi connectivity index (χ0n) is 10.5. The summed E-state index contributed by atoms with van der Waals surface area (Å²) < 4.78 is 1.04. The fourth-order valence-electron chi connectivity index (χ4n) is 2.74. The Kier molecular flexibility index (Phi) is 4.84. The molecule has 0 saturated heterocycles. The van der Waals surface area contributed by atoms with Crippen molar-refractivity contribution in [1.29, 1.82) is 0 Å². The molecule has 2 nitrogen and oxygen atoms in total. The average molecular weight is 297 g/mol. The summed E-state index contributed by atoms with van der Waals surface area (Å²) in [5.74, 6) is 1.84. The largest absolute Gasteiger partial charge is 0.367 e. The van der Waals surface area contributed by atoms with Crippen molar-refractivity contribution in [1.82, 2.24) is 4.98 Å². The maximum atomic E-state index is 4.40. The van der Waals surface area contributed by atoms with Crippen LogP contribution in [-0.4, -0.2) is 11.0 Å². The highest BCUT2D eigenvalue weighted by Crippen LogP contribution is 2.29. The first-order valence-corrected chi connectivity index (χ1v) is 7.47. The lowest BCUT2D eigenvalue weighted by Crippen LogP contribution is -2.30. The second kappa shape index (κ2) is 6.39. The zero-order chi connectivity index (χ0) is 12.1. The summed E-state index contributed by atoms with van der Waals surface area (Å²) in [6.45, 7) is 2.27. The molecule has 1 aliphatic carbocycles. The average Bonchev–Trinajstić information content (AvgIpc) is 2.39. The lowest BCUT2D eigenvalue weighted by molar-refractivity contribution is 0.312. The lowest BCUT2D eigenvalue weighted by Gasteiger charge is -2.30. The summed E-state index contributed by atoms with van der Waals surface area (Å²) in [6.07, 6.45) is 10.0. The van der Waals surface area contributed by atoms with Crippen LogP contribution in [0.2, 0.25) is 0 Å². The van der Waals surface area contributed by atoms with Gasteiger partial charge in [0, 0.05) is 16.7 Å². The van der Waals surface area contributed by atoms with Gasteiger partial charge in [-0.2, -0.15) is 0 Å². The molecule has 1 N–H and O–H groups in total. The van der Waals surface area contributed by atoms with E-state index in [-0.39, 0.29) is 0 Å². The monoisotopic (exact) mass is 296 g/mol. The van der Waals surface area contributed by atoms with Crippen molar-refractivity contribution in [3.8, 4) is 0 Å². The molecule has 0 radical (unpaired) electrons. The molecule has 0 aromatic carbocycles. The minimum Gasteiger partial charge on any atom is -0.367 e. The topological polar surface area (TPSA) is 24.9 Å². The van der Waals surface area contributed by atoms with Crippen molar-refractivity contribution in [2.75, 3.05) is 5.32 Å². The Labute approximate surface area is 112 Å². The van der Waals surface area contributed by atoms with Crippen molar-refractivity contribution in [2.45, 2.75) is 51.5 Å². The Hall–Kier alpha value is -0.570. The van der Waals surface area contributed by atoms with Gasteiger partial charge in [-0.15, -0.1) is 0 Å². The molecule has 1 saturated carbocycles. The second-order valence-corrected chi connectivity index (χ2v) is 5.83. The first-order valence-electron chi connectivity index (χ1n) is 6.67. The molecule has 0 amide bonds. The summed E-state index contributed by atoms with van der Waals surface area (Å²) in [5, 5.41) is 3.59. The van der Waals surface area contributed by atoms with Crippen LogP contribution < -0.4 is 5.32 Å². The minimum absolute atomic E-state index is 0.587. The van der Waals surface area contributed by atoms with Gasteiger partial charge >= 0.3 is 0 Å². The van der Waals surface area contributed by atoms with E-state index in [1.54, 1.807) is 0 Å². The van der Waals surface area contributed by atoms with Crippen LogP contribution in [0.1, 0.15) is 45.4 Å². The Bertz CT molecular complexity index is 331. The van der Waals surface area contributed by atoms with Gasteiger partial charge in [-0.1, -0.05) is 26.2 Å². The van der Waals surface area contributed by atoms with Gasteiger partial charge in [0.2, 0.25) is 0 Å². The van der Waals surface area contributed by atoms with Crippen LogP contribution in [0.25, 0.3) is 0 Å². The highest BCUT2D eigenvalue weighted by atomic mass is 79.9. The van der Waals surface area contributed by atoms with Crippen molar-refractivity contribution in [3.63, 3.8) is 0 Å². The van der Waals surface area contributed by atoms with E-state index in [9.17, 15) is 0 Å². The highest BCUT2D eigenvalue weighted by molar-refractivity contribution is 9.10. The van der Waals surface area contributed by atoms with Gasteiger partial charge < -0.3 is 5.32 Å². The summed E-state index contributed by atoms with van der Waals surface area (Å²) in [5.41, 5.74) is 0. The van der Waals surface area contributed by atoms with E-state index in [0.717, 1.165) is 16.2 Å². The summed E-state index contributed by atoms with van der Waals surface area (Å²) in [6, 6.07) is 4.68. The summed E-state index contributed by atoms with van der Waals surface area (Å²) >= 11 is 3.42. The molecule has 3 heteroatoms. The summed E-state index contributed by atoms with van der Waals surface area (Å²) in [7, 11) is 0. The van der Waals surface area contributed by atoms with Crippen LogP contribution in [0.5, 0.6) is 0 Å². The molecular formula is C14H21BrN2. The third-order valence-electron chi connectivity index (χ3n) is 3.72. The van der Waals surface area contributed by atoms with Crippen LogP contribution in [0.15, 0.2) is 22.8 Å². The molecule has 1 aliphatic rings. The zero-order valence-corrected chi connectivity index (χ0v) is 12.0. The predicted molar refractivity (Wildman–Crippen MR) is 76.2 cm³/mol. The standard InChI is InChI=1S/C14H21BrN2/c1-2-13(11-6-4-3-5-7-11)17-14-9-8-12(15)10-16-14/h8-11,13H,2-7H2,1H3,(H,16,17). The van der Waals surface area contributed by atoms with Gasteiger partial charge in [-0.3, -0.25) is 0 Å². The number of pyridine rings is 1. The van der Waals surface area contributed by atoms with Gasteiger partial charge in [-0.05, 0) is 53.2 Å². The van der Waals surface area contributed by atoms with Crippen molar-refractivity contribution in [2.24, 2.45) is 5.92 Å². The van der Waals surface area contributed by atoms with Gasteiger partial charge in [0.05, 0.1) is 0 Å². The Balaban J connectivity index is 1.96. The number of rotatable bonds is 4.